The third-order valence-electron chi connectivity index (χ3n) is 2.40. The Bertz CT molecular complexity index is 82.9. The van der Waals surface area contributed by atoms with Crippen LogP contribution in [0.15, 0.2) is 0 Å². The minimum atomic E-state index is 0.644. The van der Waals surface area contributed by atoms with Crippen molar-refractivity contribution in [3.8, 4) is 0 Å². The zero-order valence-electron chi connectivity index (χ0n) is 6.30. The van der Waals surface area contributed by atoms with Gasteiger partial charge in [0.15, 0.2) is 0 Å². The lowest BCUT2D eigenvalue weighted by Gasteiger charge is -2.20. The monoisotopic (exact) mass is 128 g/mol. The minimum Gasteiger partial charge on any atom is -0.329 e. The van der Waals surface area contributed by atoms with Crippen molar-refractivity contribution in [2.75, 3.05) is 20.1 Å². The van der Waals surface area contributed by atoms with Crippen molar-refractivity contribution in [3.05, 3.63) is 0 Å². The Morgan fingerprint density at radius 3 is 2.56 bits per heavy atom. The summed E-state index contributed by atoms with van der Waals surface area (Å²) in [4.78, 5) is 2.35. The van der Waals surface area contributed by atoms with E-state index in [1.807, 2.05) is 0 Å². The van der Waals surface area contributed by atoms with Crippen LogP contribution in [-0.2, 0) is 0 Å². The lowest BCUT2D eigenvalue weighted by molar-refractivity contribution is 0.286. The highest BCUT2D eigenvalue weighted by atomic mass is 15.2. The van der Waals surface area contributed by atoms with E-state index in [4.69, 9.17) is 5.73 Å². The van der Waals surface area contributed by atoms with Crippen LogP contribution in [0.2, 0.25) is 0 Å². The van der Waals surface area contributed by atoms with E-state index >= 15 is 0 Å². The van der Waals surface area contributed by atoms with Crippen molar-refractivity contribution in [1.29, 1.82) is 0 Å². The first-order chi connectivity index (χ1) is 4.25. The molecule has 1 saturated heterocycles. The van der Waals surface area contributed by atoms with Crippen molar-refractivity contribution in [3.63, 3.8) is 0 Å². The van der Waals surface area contributed by atoms with Gasteiger partial charge in [-0.2, -0.15) is 0 Å². The summed E-state index contributed by atoms with van der Waals surface area (Å²) in [5.74, 6) is 0.806. The van der Waals surface area contributed by atoms with Gasteiger partial charge in [0.05, 0.1) is 0 Å². The molecule has 1 heterocycles. The molecular formula is C7H16N2. The zero-order valence-corrected chi connectivity index (χ0v) is 6.30. The molecule has 1 aliphatic rings. The molecule has 1 rings (SSSR count). The predicted octanol–water partition coefficient (Wildman–Crippen LogP) is 0.285. The minimum absolute atomic E-state index is 0.644. The summed E-state index contributed by atoms with van der Waals surface area (Å²) >= 11 is 0. The van der Waals surface area contributed by atoms with E-state index in [9.17, 15) is 0 Å². The van der Waals surface area contributed by atoms with Crippen LogP contribution in [0.3, 0.4) is 0 Å². The van der Waals surface area contributed by atoms with E-state index < -0.39 is 0 Å². The molecule has 0 saturated carbocycles. The molecule has 0 aliphatic carbocycles. The van der Waals surface area contributed by atoms with Crippen LogP contribution in [-0.4, -0.2) is 31.1 Å². The second kappa shape index (κ2) is 2.67. The summed E-state index contributed by atoms with van der Waals surface area (Å²) in [6.07, 6.45) is 1.32. The zero-order chi connectivity index (χ0) is 6.85. The molecule has 54 valence electrons. The van der Waals surface area contributed by atoms with Gasteiger partial charge in [-0.3, -0.25) is 0 Å². The summed E-state index contributed by atoms with van der Waals surface area (Å²) in [5.41, 5.74) is 5.57. The average molecular weight is 128 g/mol. The first-order valence-corrected chi connectivity index (χ1v) is 3.66. The Balaban J connectivity index is 2.44. The van der Waals surface area contributed by atoms with Gasteiger partial charge in [-0.25, -0.2) is 0 Å². The van der Waals surface area contributed by atoms with Crippen LogP contribution in [0.4, 0.5) is 0 Å². The molecule has 2 N–H and O–H groups in total. The largest absolute Gasteiger partial charge is 0.329 e. The fourth-order valence-corrected chi connectivity index (χ4v) is 1.61. The second-order valence-corrected chi connectivity index (χ2v) is 3.05. The second-order valence-electron chi connectivity index (χ2n) is 3.05. The number of nitrogens with zero attached hydrogens (tertiary/aromatic N) is 1. The highest BCUT2D eigenvalue weighted by Crippen LogP contribution is 2.20. The van der Waals surface area contributed by atoms with E-state index in [2.05, 4.69) is 18.9 Å². The normalized spacial score (nSPS) is 37.7. The Hall–Kier alpha value is -0.0800. The van der Waals surface area contributed by atoms with Crippen LogP contribution < -0.4 is 5.73 Å². The van der Waals surface area contributed by atoms with Gasteiger partial charge in [0, 0.05) is 12.6 Å². The molecule has 0 aromatic rings. The lowest BCUT2D eigenvalue weighted by atomic mass is 10.0. The molecule has 1 fully saturated rings. The van der Waals surface area contributed by atoms with Crippen LogP contribution >= 0.6 is 0 Å². The quantitative estimate of drug-likeness (QED) is 0.550. The molecule has 0 spiro atoms. The van der Waals surface area contributed by atoms with Gasteiger partial charge in [0.25, 0.3) is 0 Å². The molecule has 2 nitrogen and oxygen atoms in total. The fourth-order valence-electron chi connectivity index (χ4n) is 1.61. The highest BCUT2D eigenvalue weighted by molar-refractivity contribution is 4.82. The fraction of sp³-hybridized carbons (Fsp3) is 1.00. The summed E-state index contributed by atoms with van der Waals surface area (Å²) in [7, 11) is 2.15. The smallest absolute Gasteiger partial charge is 0.0241 e. The third kappa shape index (κ3) is 1.25. The Labute approximate surface area is 57.0 Å². The van der Waals surface area contributed by atoms with Gasteiger partial charge >= 0.3 is 0 Å². The van der Waals surface area contributed by atoms with Crippen molar-refractivity contribution < 1.29 is 0 Å². The number of likely N-dealkylation sites (tertiary alicyclic amines) is 1. The summed E-state index contributed by atoms with van der Waals surface area (Å²) < 4.78 is 0. The van der Waals surface area contributed by atoms with Gasteiger partial charge in [-0.15, -0.1) is 0 Å². The standard InChI is InChI=1S/C7H16N2/c1-6-3-4-9(2)7(6)5-8/h6-7H,3-5,8H2,1-2H3. The predicted molar refractivity (Wildman–Crippen MR) is 39.3 cm³/mol. The van der Waals surface area contributed by atoms with Gasteiger partial charge in [0.1, 0.15) is 0 Å². The van der Waals surface area contributed by atoms with Gasteiger partial charge in [0.2, 0.25) is 0 Å². The first-order valence-electron chi connectivity index (χ1n) is 3.66. The number of nitrogens with two attached hydrogens (primary N) is 1. The molecule has 2 atom stereocenters. The molecule has 9 heavy (non-hydrogen) atoms. The summed E-state index contributed by atoms with van der Waals surface area (Å²) in [6.45, 7) is 4.32. The number of hydrogen-bond donors (Lipinski definition) is 1. The maximum absolute atomic E-state index is 5.57. The van der Waals surface area contributed by atoms with Crippen LogP contribution in [0, 0.1) is 5.92 Å². The average Bonchev–Trinajstić information content (AvgIpc) is 2.12. The van der Waals surface area contributed by atoms with Gasteiger partial charge in [-0.1, -0.05) is 6.92 Å². The van der Waals surface area contributed by atoms with Crippen LogP contribution in [0.1, 0.15) is 13.3 Å². The van der Waals surface area contributed by atoms with Crippen LogP contribution in [0.25, 0.3) is 0 Å². The van der Waals surface area contributed by atoms with E-state index in [-0.39, 0.29) is 0 Å². The molecule has 0 radical (unpaired) electrons. The first kappa shape index (κ1) is 7.03. The molecule has 0 bridgehead atoms. The number of likely N-dealkylation sites (N-methyl/N-ethyl adjacent to an activating group) is 1. The molecule has 0 aromatic heterocycles. The molecule has 0 aromatic carbocycles. The van der Waals surface area contributed by atoms with E-state index in [1.54, 1.807) is 0 Å². The van der Waals surface area contributed by atoms with Crippen LogP contribution in [0.5, 0.6) is 0 Å². The topological polar surface area (TPSA) is 29.3 Å². The molecule has 2 heteroatoms. The van der Waals surface area contributed by atoms with E-state index in [0.717, 1.165) is 12.5 Å². The molecule has 2 unspecified atom stereocenters. The van der Waals surface area contributed by atoms with Crippen molar-refractivity contribution in [2.45, 2.75) is 19.4 Å². The van der Waals surface area contributed by atoms with Crippen molar-refractivity contribution >= 4 is 0 Å². The third-order valence-corrected chi connectivity index (χ3v) is 2.40. The Morgan fingerprint density at radius 2 is 2.33 bits per heavy atom. The maximum Gasteiger partial charge on any atom is 0.0241 e. The molecule has 1 aliphatic heterocycles. The number of rotatable bonds is 1. The number of hydrogen-bond acceptors (Lipinski definition) is 2. The summed E-state index contributed by atoms with van der Waals surface area (Å²) in [6, 6.07) is 0.644. The highest BCUT2D eigenvalue weighted by Gasteiger charge is 2.26. The summed E-state index contributed by atoms with van der Waals surface area (Å²) in [5, 5.41) is 0. The van der Waals surface area contributed by atoms with Crippen molar-refractivity contribution in [1.82, 2.24) is 4.90 Å². The van der Waals surface area contributed by atoms with Gasteiger partial charge in [-0.05, 0) is 25.9 Å². The molecule has 0 amide bonds. The van der Waals surface area contributed by atoms with E-state index in [1.165, 1.54) is 13.0 Å². The van der Waals surface area contributed by atoms with E-state index in [0.29, 0.717) is 6.04 Å². The Kier molecular flexibility index (Phi) is 2.09. The SMILES string of the molecule is CC1CCN(C)C1CN. The lowest BCUT2D eigenvalue weighted by Crippen LogP contribution is -2.35. The van der Waals surface area contributed by atoms with Crippen molar-refractivity contribution in [2.24, 2.45) is 11.7 Å². The maximum atomic E-state index is 5.57. The van der Waals surface area contributed by atoms with Gasteiger partial charge < -0.3 is 10.6 Å². The Morgan fingerprint density at radius 1 is 1.67 bits per heavy atom. The molecular weight excluding hydrogens is 112 g/mol.